The first-order chi connectivity index (χ1) is 14.1. The Kier molecular flexibility index (Phi) is 8.36. The van der Waals surface area contributed by atoms with Gasteiger partial charge in [0, 0.05) is 25.7 Å². The highest BCUT2D eigenvalue weighted by Crippen LogP contribution is 2.20. The van der Waals surface area contributed by atoms with Crippen LogP contribution in [0.4, 0.5) is 0 Å². The third-order valence-electron chi connectivity index (χ3n) is 6.40. The van der Waals surface area contributed by atoms with E-state index in [1.54, 1.807) is 0 Å². The summed E-state index contributed by atoms with van der Waals surface area (Å²) in [6.45, 7) is 16.6. The van der Waals surface area contributed by atoms with Crippen LogP contribution >= 0.6 is 0 Å². The van der Waals surface area contributed by atoms with E-state index in [-0.39, 0.29) is 0 Å². The number of likely N-dealkylation sites (N-methyl/N-ethyl adjacent to an activating group) is 1. The van der Waals surface area contributed by atoms with Crippen LogP contribution in [0, 0.1) is 19.8 Å². The van der Waals surface area contributed by atoms with E-state index >= 15 is 0 Å². The van der Waals surface area contributed by atoms with Gasteiger partial charge in [0.05, 0.1) is 12.2 Å². The van der Waals surface area contributed by atoms with Gasteiger partial charge >= 0.3 is 0 Å². The Morgan fingerprint density at radius 1 is 1.14 bits per heavy atom. The lowest BCUT2D eigenvalue weighted by atomic mass is 9.97. The molecule has 3 rings (SSSR count). The molecule has 0 radical (unpaired) electrons. The number of aryl methyl sites for hydroxylation is 2. The largest absolute Gasteiger partial charge is 0.444 e. The van der Waals surface area contributed by atoms with Crippen molar-refractivity contribution in [3.8, 4) is 0 Å². The fourth-order valence-electron chi connectivity index (χ4n) is 4.44. The first kappa shape index (κ1) is 22.1. The summed E-state index contributed by atoms with van der Waals surface area (Å²) in [5.74, 6) is 3.42. The third-order valence-corrected chi connectivity index (χ3v) is 6.40. The van der Waals surface area contributed by atoms with E-state index < -0.39 is 0 Å². The monoisotopic (exact) mass is 404 g/mol. The Balaban J connectivity index is 1.41. The molecule has 0 amide bonds. The topological polar surface area (TPSA) is 68.9 Å². The summed E-state index contributed by atoms with van der Waals surface area (Å²) in [5, 5.41) is 7.00. The molecule has 2 aliphatic rings. The predicted octanol–water partition coefficient (Wildman–Crippen LogP) is 2.54. The molecule has 0 spiro atoms. The summed E-state index contributed by atoms with van der Waals surface area (Å²) in [4.78, 5) is 14.4. The van der Waals surface area contributed by atoms with Crippen molar-refractivity contribution in [1.29, 1.82) is 0 Å². The normalized spacial score (nSPS) is 22.3. The molecule has 2 N–H and O–H groups in total. The number of oxazole rings is 1. The van der Waals surface area contributed by atoms with Crippen LogP contribution in [0.5, 0.6) is 0 Å². The number of hydrogen-bond acceptors (Lipinski definition) is 5. The molecule has 1 aromatic heterocycles. The zero-order valence-electron chi connectivity index (χ0n) is 18.8. The van der Waals surface area contributed by atoms with E-state index in [0.717, 1.165) is 69.1 Å². The summed E-state index contributed by atoms with van der Waals surface area (Å²) in [6, 6.07) is 0.648. The molecular weight excluding hydrogens is 364 g/mol. The van der Waals surface area contributed by atoms with Crippen LogP contribution in [-0.2, 0) is 6.54 Å². The minimum absolute atomic E-state index is 0.648. The smallest absolute Gasteiger partial charge is 0.208 e. The predicted molar refractivity (Wildman–Crippen MR) is 118 cm³/mol. The van der Waals surface area contributed by atoms with E-state index in [4.69, 9.17) is 9.41 Å². The molecule has 1 unspecified atom stereocenters. The molecule has 2 fully saturated rings. The number of piperidine rings is 1. The van der Waals surface area contributed by atoms with Crippen LogP contribution in [0.3, 0.4) is 0 Å². The molecular formula is C22H40N6O. The minimum Gasteiger partial charge on any atom is -0.444 e. The lowest BCUT2D eigenvalue weighted by molar-refractivity contribution is 0.166. The maximum absolute atomic E-state index is 5.74. The van der Waals surface area contributed by atoms with Crippen molar-refractivity contribution in [3.63, 3.8) is 0 Å². The lowest BCUT2D eigenvalue weighted by Crippen LogP contribution is -2.45. The molecule has 2 saturated heterocycles. The number of hydrogen-bond donors (Lipinski definition) is 2. The maximum Gasteiger partial charge on any atom is 0.208 e. The number of guanidine groups is 1. The minimum atomic E-state index is 0.648. The van der Waals surface area contributed by atoms with Gasteiger partial charge in [-0.25, -0.2) is 4.98 Å². The average Bonchev–Trinajstić information content (AvgIpc) is 3.30. The Labute approximate surface area is 176 Å². The summed E-state index contributed by atoms with van der Waals surface area (Å²) in [7, 11) is 0. The highest BCUT2D eigenvalue weighted by atomic mass is 16.4. The first-order valence-electron chi connectivity index (χ1n) is 11.5. The highest BCUT2D eigenvalue weighted by Gasteiger charge is 2.23. The van der Waals surface area contributed by atoms with E-state index in [9.17, 15) is 0 Å². The Morgan fingerprint density at radius 3 is 2.59 bits per heavy atom. The lowest BCUT2D eigenvalue weighted by Gasteiger charge is -2.30. The van der Waals surface area contributed by atoms with E-state index in [0.29, 0.717) is 12.0 Å². The molecule has 2 aliphatic heterocycles. The molecule has 0 bridgehead atoms. The fraction of sp³-hybridized carbons (Fsp3) is 0.818. The molecule has 164 valence electrons. The number of nitrogens with zero attached hydrogens (tertiary/aromatic N) is 4. The van der Waals surface area contributed by atoms with Crippen LogP contribution in [0.2, 0.25) is 0 Å². The maximum atomic E-state index is 5.74. The molecule has 29 heavy (non-hydrogen) atoms. The Bertz CT molecular complexity index is 630. The highest BCUT2D eigenvalue weighted by molar-refractivity contribution is 5.79. The van der Waals surface area contributed by atoms with Gasteiger partial charge in [-0.05, 0) is 78.6 Å². The molecule has 3 heterocycles. The van der Waals surface area contributed by atoms with Crippen molar-refractivity contribution in [3.05, 3.63) is 17.3 Å². The van der Waals surface area contributed by atoms with Gasteiger partial charge in [0.25, 0.3) is 0 Å². The van der Waals surface area contributed by atoms with Crippen molar-refractivity contribution >= 4 is 5.96 Å². The number of likely N-dealkylation sites (tertiary alicyclic amines) is 2. The second-order valence-electron chi connectivity index (χ2n) is 8.49. The number of aliphatic imine (C=N–C) groups is 1. The van der Waals surface area contributed by atoms with E-state index in [1.807, 2.05) is 13.8 Å². The van der Waals surface area contributed by atoms with Gasteiger partial charge in [0.15, 0.2) is 5.96 Å². The summed E-state index contributed by atoms with van der Waals surface area (Å²) < 4.78 is 5.74. The molecule has 0 aromatic carbocycles. The third kappa shape index (κ3) is 6.44. The van der Waals surface area contributed by atoms with Crippen molar-refractivity contribution < 1.29 is 4.42 Å². The van der Waals surface area contributed by atoms with Gasteiger partial charge in [-0.15, -0.1) is 0 Å². The zero-order valence-corrected chi connectivity index (χ0v) is 18.8. The first-order valence-corrected chi connectivity index (χ1v) is 11.5. The molecule has 1 aromatic rings. The van der Waals surface area contributed by atoms with Crippen molar-refractivity contribution in [2.45, 2.75) is 66.0 Å². The van der Waals surface area contributed by atoms with Crippen LogP contribution < -0.4 is 10.6 Å². The zero-order chi connectivity index (χ0) is 20.6. The van der Waals surface area contributed by atoms with Crippen molar-refractivity contribution in [1.82, 2.24) is 25.4 Å². The van der Waals surface area contributed by atoms with Crippen molar-refractivity contribution in [2.24, 2.45) is 10.9 Å². The summed E-state index contributed by atoms with van der Waals surface area (Å²) >= 11 is 0. The van der Waals surface area contributed by atoms with Gasteiger partial charge in [-0.3, -0.25) is 14.8 Å². The van der Waals surface area contributed by atoms with Crippen molar-refractivity contribution in [2.75, 3.05) is 45.8 Å². The fourth-order valence-corrected chi connectivity index (χ4v) is 4.44. The second kappa shape index (κ2) is 11.0. The molecule has 7 heteroatoms. The quantitative estimate of drug-likeness (QED) is 0.513. The Hall–Kier alpha value is -1.60. The van der Waals surface area contributed by atoms with Crippen LogP contribution in [-0.4, -0.2) is 72.6 Å². The van der Waals surface area contributed by atoms with Gasteiger partial charge in [0.1, 0.15) is 5.76 Å². The SMILES string of the molecule is CCNC(=NCC1CCN(Cc2nc(C)c(C)o2)CC1)NCC1CCCN1CC. The van der Waals surface area contributed by atoms with Gasteiger partial charge in [-0.1, -0.05) is 6.92 Å². The van der Waals surface area contributed by atoms with Gasteiger partial charge < -0.3 is 15.1 Å². The van der Waals surface area contributed by atoms with Gasteiger partial charge in [0.2, 0.25) is 5.89 Å². The standard InChI is InChI=1S/C22H40N6O/c1-5-23-22(25-15-20-8-7-11-28(20)6-2)24-14-19-9-12-27(13-10-19)16-21-26-17(3)18(4)29-21/h19-20H,5-16H2,1-4H3,(H2,23,24,25). The molecule has 1 atom stereocenters. The molecule has 7 nitrogen and oxygen atoms in total. The number of rotatable bonds is 8. The average molecular weight is 405 g/mol. The number of nitrogens with one attached hydrogen (secondary N) is 2. The van der Waals surface area contributed by atoms with Crippen LogP contribution in [0.15, 0.2) is 9.41 Å². The van der Waals surface area contributed by atoms with E-state index in [1.165, 1.54) is 32.2 Å². The van der Waals surface area contributed by atoms with Crippen LogP contribution in [0.1, 0.15) is 56.9 Å². The summed E-state index contributed by atoms with van der Waals surface area (Å²) in [5.41, 5.74) is 1.01. The Morgan fingerprint density at radius 2 is 1.93 bits per heavy atom. The number of aromatic nitrogens is 1. The molecule has 0 saturated carbocycles. The van der Waals surface area contributed by atoms with Gasteiger partial charge in [-0.2, -0.15) is 0 Å². The molecule has 0 aliphatic carbocycles. The van der Waals surface area contributed by atoms with E-state index in [2.05, 4.69) is 39.3 Å². The summed E-state index contributed by atoms with van der Waals surface area (Å²) in [6.07, 6.45) is 4.99. The second-order valence-corrected chi connectivity index (χ2v) is 8.49. The van der Waals surface area contributed by atoms with Crippen LogP contribution in [0.25, 0.3) is 0 Å².